The second-order valence-corrected chi connectivity index (χ2v) is 7.03. The lowest BCUT2D eigenvalue weighted by Crippen LogP contribution is -2.45. The minimum absolute atomic E-state index is 0.0795. The number of rotatable bonds is 5. The SMILES string of the molecule is CCNC(=O)c1csc(CN2CCN(c3ccc(C)cc3)CC2)n1. The van der Waals surface area contributed by atoms with Crippen LogP contribution in [0.5, 0.6) is 0 Å². The Morgan fingerprint density at radius 2 is 1.92 bits per heavy atom. The summed E-state index contributed by atoms with van der Waals surface area (Å²) in [6.07, 6.45) is 0. The second-order valence-electron chi connectivity index (χ2n) is 6.08. The van der Waals surface area contributed by atoms with Crippen LogP contribution in [0.1, 0.15) is 28.0 Å². The molecule has 1 aliphatic rings. The first-order valence-electron chi connectivity index (χ1n) is 8.42. The molecule has 0 radical (unpaired) electrons. The van der Waals surface area contributed by atoms with Gasteiger partial charge in [-0.1, -0.05) is 17.7 Å². The van der Waals surface area contributed by atoms with Crippen LogP contribution in [0.15, 0.2) is 29.6 Å². The molecule has 0 atom stereocenters. The van der Waals surface area contributed by atoms with Gasteiger partial charge in [0.1, 0.15) is 10.7 Å². The highest BCUT2D eigenvalue weighted by molar-refractivity contribution is 7.09. The van der Waals surface area contributed by atoms with Crippen molar-refractivity contribution in [3.63, 3.8) is 0 Å². The molecule has 128 valence electrons. The summed E-state index contributed by atoms with van der Waals surface area (Å²) in [6, 6.07) is 8.73. The maximum Gasteiger partial charge on any atom is 0.270 e. The first kappa shape index (κ1) is 16.9. The maximum atomic E-state index is 11.8. The zero-order valence-electron chi connectivity index (χ0n) is 14.3. The second kappa shape index (κ2) is 7.77. The molecule has 5 nitrogen and oxygen atoms in total. The lowest BCUT2D eigenvalue weighted by atomic mass is 10.2. The van der Waals surface area contributed by atoms with Crippen LogP contribution in [-0.2, 0) is 6.54 Å². The van der Waals surface area contributed by atoms with Gasteiger partial charge in [-0.15, -0.1) is 11.3 Å². The molecule has 6 heteroatoms. The number of benzene rings is 1. The van der Waals surface area contributed by atoms with E-state index in [2.05, 4.69) is 51.3 Å². The molecule has 0 aliphatic carbocycles. The van der Waals surface area contributed by atoms with Crippen molar-refractivity contribution in [2.24, 2.45) is 0 Å². The Balaban J connectivity index is 1.52. The standard InChI is InChI=1S/C18H24N4OS/c1-3-19-18(23)16-13-24-17(20-16)12-21-8-10-22(11-9-21)15-6-4-14(2)5-7-15/h4-7,13H,3,8-12H2,1-2H3,(H,19,23). The minimum Gasteiger partial charge on any atom is -0.369 e. The summed E-state index contributed by atoms with van der Waals surface area (Å²) < 4.78 is 0. The lowest BCUT2D eigenvalue weighted by Gasteiger charge is -2.35. The molecule has 0 unspecified atom stereocenters. The van der Waals surface area contributed by atoms with Gasteiger partial charge in [-0.2, -0.15) is 0 Å². The zero-order valence-corrected chi connectivity index (χ0v) is 15.1. The number of nitrogens with one attached hydrogen (secondary N) is 1. The molecule has 0 bridgehead atoms. The number of hydrogen-bond acceptors (Lipinski definition) is 5. The number of carbonyl (C=O) groups excluding carboxylic acids is 1. The van der Waals surface area contributed by atoms with Crippen LogP contribution in [0.2, 0.25) is 0 Å². The number of carbonyl (C=O) groups is 1. The highest BCUT2D eigenvalue weighted by Gasteiger charge is 2.19. The third-order valence-corrected chi connectivity index (χ3v) is 5.09. The third-order valence-electron chi connectivity index (χ3n) is 4.25. The van der Waals surface area contributed by atoms with Crippen molar-refractivity contribution < 1.29 is 4.79 Å². The smallest absolute Gasteiger partial charge is 0.270 e. The molecule has 1 amide bonds. The minimum atomic E-state index is -0.0795. The number of hydrogen-bond donors (Lipinski definition) is 1. The fourth-order valence-corrected chi connectivity index (χ4v) is 3.67. The molecule has 2 heterocycles. The molecule has 3 rings (SSSR count). The largest absolute Gasteiger partial charge is 0.369 e. The van der Waals surface area contributed by atoms with Crippen molar-refractivity contribution in [3.05, 3.63) is 45.9 Å². The molecule has 1 fully saturated rings. The fraction of sp³-hybridized carbons (Fsp3) is 0.444. The van der Waals surface area contributed by atoms with E-state index < -0.39 is 0 Å². The van der Waals surface area contributed by atoms with Gasteiger partial charge >= 0.3 is 0 Å². The Bertz CT molecular complexity index is 675. The van der Waals surface area contributed by atoms with E-state index in [-0.39, 0.29) is 5.91 Å². The van der Waals surface area contributed by atoms with Crippen LogP contribution in [0.4, 0.5) is 5.69 Å². The van der Waals surface area contributed by atoms with E-state index in [9.17, 15) is 4.79 Å². The van der Waals surface area contributed by atoms with E-state index in [1.54, 1.807) is 11.3 Å². The van der Waals surface area contributed by atoms with Gasteiger partial charge in [0.15, 0.2) is 0 Å². The van der Waals surface area contributed by atoms with Gasteiger partial charge in [-0.3, -0.25) is 9.69 Å². The van der Waals surface area contributed by atoms with Crippen molar-refractivity contribution in [2.75, 3.05) is 37.6 Å². The first-order valence-corrected chi connectivity index (χ1v) is 9.30. The average Bonchev–Trinajstić information content (AvgIpc) is 3.05. The van der Waals surface area contributed by atoms with Crippen LogP contribution in [-0.4, -0.2) is 48.5 Å². The molecular weight excluding hydrogens is 320 g/mol. The third kappa shape index (κ3) is 4.13. The molecule has 0 saturated carbocycles. The van der Waals surface area contributed by atoms with Crippen LogP contribution in [0, 0.1) is 6.92 Å². The van der Waals surface area contributed by atoms with Crippen molar-refractivity contribution >= 4 is 22.9 Å². The fourth-order valence-electron chi connectivity index (χ4n) is 2.85. The normalized spacial score (nSPS) is 15.5. The molecule has 1 saturated heterocycles. The Kier molecular flexibility index (Phi) is 5.48. The number of amides is 1. The van der Waals surface area contributed by atoms with E-state index in [4.69, 9.17) is 0 Å². The van der Waals surface area contributed by atoms with Gasteiger partial charge in [0.25, 0.3) is 5.91 Å². The lowest BCUT2D eigenvalue weighted by molar-refractivity contribution is 0.0951. The average molecular weight is 344 g/mol. The number of nitrogens with zero attached hydrogens (tertiary/aromatic N) is 3. The highest BCUT2D eigenvalue weighted by atomic mass is 32.1. The maximum absolute atomic E-state index is 11.8. The van der Waals surface area contributed by atoms with Crippen molar-refractivity contribution in [2.45, 2.75) is 20.4 Å². The molecule has 1 aromatic carbocycles. The number of aryl methyl sites for hydroxylation is 1. The molecule has 1 aliphatic heterocycles. The van der Waals surface area contributed by atoms with E-state index in [1.165, 1.54) is 11.3 Å². The molecule has 0 spiro atoms. The van der Waals surface area contributed by atoms with Gasteiger partial charge in [-0.05, 0) is 26.0 Å². The predicted octanol–water partition coefficient (Wildman–Crippen LogP) is 2.52. The number of piperazine rings is 1. The molecule has 24 heavy (non-hydrogen) atoms. The van der Waals surface area contributed by atoms with Crippen LogP contribution in [0.3, 0.4) is 0 Å². The Labute approximate surface area is 147 Å². The van der Waals surface area contributed by atoms with E-state index in [0.29, 0.717) is 12.2 Å². The number of aromatic nitrogens is 1. The van der Waals surface area contributed by atoms with Gasteiger partial charge in [-0.25, -0.2) is 4.98 Å². The summed E-state index contributed by atoms with van der Waals surface area (Å²) in [4.78, 5) is 21.1. The Morgan fingerprint density at radius 1 is 1.21 bits per heavy atom. The molecule has 2 aromatic rings. The van der Waals surface area contributed by atoms with Crippen molar-refractivity contribution in [3.8, 4) is 0 Å². The molecule has 1 N–H and O–H groups in total. The van der Waals surface area contributed by atoms with Crippen LogP contribution >= 0.6 is 11.3 Å². The Hall–Kier alpha value is -1.92. The summed E-state index contributed by atoms with van der Waals surface area (Å²) in [5, 5.41) is 5.66. The summed E-state index contributed by atoms with van der Waals surface area (Å²) >= 11 is 1.57. The summed E-state index contributed by atoms with van der Waals surface area (Å²) in [5.41, 5.74) is 3.13. The zero-order chi connectivity index (χ0) is 16.9. The molecular formula is C18H24N4OS. The van der Waals surface area contributed by atoms with E-state index in [1.807, 2.05) is 12.3 Å². The van der Waals surface area contributed by atoms with Crippen molar-refractivity contribution in [1.29, 1.82) is 0 Å². The topological polar surface area (TPSA) is 48.5 Å². The number of thiazole rings is 1. The first-order chi connectivity index (χ1) is 11.7. The van der Waals surface area contributed by atoms with E-state index in [0.717, 1.165) is 37.7 Å². The van der Waals surface area contributed by atoms with Gasteiger partial charge in [0.2, 0.25) is 0 Å². The highest BCUT2D eigenvalue weighted by Crippen LogP contribution is 2.19. The summed E-state index contributed by atoms with van der Waals surface area (Å²) in [6.45, 7) is 9.57. The van der Waals surface area contributed by atoms with Crippen molar-refractivity contribution in [1.82, 2.24) is 15.2 Å². The van der Waals surface area contributed by atoms with Gasteiger partial charge in [0, 0.05) is 43.8 Å². The van der Waals surface area contributed by atoms with Gasteiger partial charge in [0.05, 0.1) is 6.54 Å². The Morgan fingerprint density at radius 3 is 2.58 bits per heavy atom. The summed E-state index contributed by atoms with van der Waals surface area (Å²) in [5.74, 6) is -0.0795. The van der Waals surface area contributed by atoms with Gasteiger partial charge < -0.3 is 10.2 Å². The predicted molar refractivity (Wildman–Crippen MR) is 98.8 cm³/mol. The monoisotopic (exact) mass is 344 g/mol. The quantitative estimate of drug-likeness (QED) is 0.905. The van der Waals surface area contributed by atoms with Crippen LogP contribution < -0.4 is 10.2 Å². The van der Waals surface area contributed by atoms with E-state index >= 15 is 0 Å². The van der Waals surface area contributed by atoms with Crippen LogP contribution in [0.25, 0.3) is 0 Å². The number of anilines is 1. The molecule has 1 aromatic heterocycles. The summed E-state index contributed by atoms with van der Waals surface area (Å²) in [7, 11) is 0.